The van der Waals surface area contributed by atoms with Crippen molar-refractivity contribution in [1.82, 2.24) is 4.90 Å². The summed E-state index contributed by atoms with van der Waals surface area (Å²) in [5.41, 5.74) is 1.89. The van der Waals surface area contributed by atoms with Crippen LogP contribution in [-0.4, -0.2) is 26.6 Å². The number of allylic oxidation sites excluding steroid dienone is 2. The number of carboxylic acid groups (broad SMARTS) is 1. The van der Waals surface area contributed by atoms with Crippen LogP contribution in [0.1, 0.15) is 36.1 Å². The van der Waals surface area contributed by atoms with Gasteiger partial charge in [0.1, 0.15) is 5.37 Å². The molecule has 0 spiro atoms. The van der Waals surface area contributed by atoms with E-state index in [1.54, 1.807) is 17.4 Å². The molecular weight excluding hydrogens is 398 g/mol. The van der Waals surface area contributed by atoms with E-state index < -0.39 is 5.97 Å². The lowest BCUT2D eigenvalue weighted by atomic mass is 9.84. The third-order valence-electron chi connectivity index (χ3n) is 5.77. The lowest BCUT2D eigenvalue weighted by molar-refractivity contribution is -0.133. The van der Waals surface area contributed by atoms with E-state index in [0.717, 1.165) is 13.0 Å². The Labute approximate surface area is 181 Å². The minimum atomic E-state index is -0.807. The molecule has 1 saturated carbocycles. The topological polar surface area (TPSA) is 40.5 Å². The summed E-state index contributed by atoms with van der Waals surface area (Å²) in [6.07, 6.45) is 11.7. The molecule has 152 valence electrons. The van der Waals surface area contributed by atoms with Gasteiger partial charge in [0.15, 0.2) is 0 Å². The Hall–Kier alpha value is -1.98. The summed E-state index contributed by atoms with van der Waals surface area (Å²) >= 11 is 3.59. The van der Waals surface area contributed by atoms with Crippen LogP contribution in [-0.2, 0) is 17.8 Å². The highest BCUT2D eigenvalue weighted by molar-refractivity contribution is 8.00. The molecule has 0 amide bonds. The van der Waals surface area contributed by atoms with Crippen LogP contribution in [0.3, 0.4) is 0 Å². The second-order valence-corrected chi connectivity index (χ2v) is 10.1. The molecule has 3 unspecified atom stereocenters. The van der Waals surface area contributed by atoms with E-state index in [2.05, 4.69) is 58.9 Å². The second-order valence-electron chi connectivity index (χ2n) is 7.78. The number of nitrogens with zero attached hydrogens (tertiary/aromatic N) is 1. The molecule has 1 aliphatic heterocycles. The third kappa shape index (κ3) is 5.14. The predicted octanol–water partition coefficient (Wildman–Crippen LogP) is 5.95. The summed E-state index contributed by atoms with van der Waals surface area (Å²) in [6, 6.07) is 14.9. The minimum absolute atomic E-state index is 0.138. The number of hydrogen-bond donors (Lipinski definition) is 1. The SMILES string of the molecule is O=C(O)C1=CC=CN(Cc2cccs2)C1SC1CCCCC1Cc1ccccc1. The van der Waals surface area contributed by atoms with E-state index in [1.807, 2.05) is 17.8 Å². The fourth-order valence-electron chi connectivity index (χ4n) is 4.31. The molecule has 1 N–H and O–H groups in total. The molecule has 1 aliphatic carbocycles. The fourth-order valence-corrected chi connectivity index (χ4v) is 6.74. The van der Waals surface area contributed by atoms with Crippen molar-refractivity contribution in [2.75, 3.05) is 0 Å². The first-order valence-corrected chi connectivity index (χ1v) is 12.1. The lowest BCUT2D eigenvalue weighted by Gasteiger charge is -2.39. The zero-order valence-electron chi connectivity index (χ0n) is 16.4. The van der Waals surface area contributed by atoms with E-state index >= 15 is 0 Å². The van der Waals surface area contributed by atoms with Crippen LogP contribution in [0.2, 0.25) is 0 Å². The molecule has 0 radical (unpaired) electrons. The van der Waals surface area contributed by atoms with E-state index in [4.69, 9.17) is 0 Å². The Morgan fingerprint density at radius 1 is 1.14 bits per heavy atom. The van der Waals surface area contributed by atoms with Crippen molar-refractivity contribution in [2.45, 2.75) is 49.3 Å². The van der Waals surface area contributed by atoms with Crippen LogP contribution in [0.4, 0.5) is 0 Å². The number of rotatable bonds is 7. The summed E-state index contributed by atoms with van der Waals surface area (Å²) in [4.78, 5) is 15.5. The number of aliphatic carboxylic acids is 1. The number of benzene rings is 1. The molecule has 2 heterocycles. The van der Waals surface area contributed by atoms with Gasteiger partial charge in [0, 0.05) is 16.3 Å². The Morgan fingerprint density at radius 2 is 1.97 bits per heavy atom. The van der Waals surface area contributed by atoms with Crippen LogP contribution in [0.15, 0.2) is 71.8 Å². The van der Waals surface area contributed by atoms with E-state index in [0.29, 0.717) is 16.7 Å². The normalized spacial score (nSPS) is 24.3. The van der Waals surface area contributed by atoms with Crippen molar-refractivity contribution in [2.24, 2.45) is 5.92 Å². The molecule has 1 aromatic carbocycles. The lowest BCUT2D eigenvalue weighted by Crippen LogP contribution is -2.37. The summed E-state index contributed by atoms with van der Waals surface area (Å²) in [6.45, 7) is 0.756. The van der Waals surface area contributed by atoms with Crippen molar-refractivity contribution in [3.8, 4) is 0 Å². The quantitative estimate of drug-likeness (QED) is 0.595. The van der Waals surface area contributed by atoms with Gasteiger partial charge in [-0.2, -0.15) is 0 Å². The van der Waals surface area contributed by atoms with Gasteiger partial charge in [0.05, 0.1) is 12.1 Å². The Morgan fingerprint density at radius 3 is 2.72 bits per heavy atom. The van der Waals surface area contributed by atoms with Crippen LogP contribution >= 0.6 is 23.1 Å². The molecule has 5 heteroatoms. The van der Waals surface area contributed by atoms with E-state index in [1.165, 1.54) is 36.1 Å². The number of hydrogen-bond acceptors (Lipinski definition) is 4. The van der Waals surface area contributed by atoms with E-state index in [9.17, 15) is 9.90 Å². The van der Waals surface area contributed by atoms with Crippen molar-refractivity contribution < 1.29 is 9.90 Å². The van der Waals surface area contributed by atoms with Crippen molar-refractivity contribution in [1.29, 1.82) is 0 Å². The van der Waals surface area contributed by atoms with Gasteiger partial charge in [-0.05, 0) is 54.3 Å². The second kappa shape index (κ2) is 9.68. The summed E-state index contributed by atoms with van der Waals surface area (Å²) in [7, 11) is 0. The van der Waals surface area contributed by atoms with Crippen LogP contribution in [0.25, 0.3) is 0 Å². The Balaban J connectivity index is 1.52. The average Bonchev–Trinajstić information content (AvgIpc) is 3.24. The molecule has 1 fully saturated rings. The van der Waals surface area contributed by atoms with Gasteiger partial charge in [-0.3, -0.25) is 0 Å². The first kappa shape index (κ1) is 20.3. The number of thioether (sulfide) groups is 1. The zero-order valence-corrected chi connectivity index (χ0v) is 18.1. The van der Waals surface area contributed by atoms with Crippen molar-refractivity contribution in [3.63, 3.8) is 0 Å². The highest BCUT2D eigenvalue weighted by Gasteiger charge is 2.34. The van der Waals surface area contributed by atoms with Gasteiger partial charge < -0.3 is 10.0 Å². The average molecular weight is 426 g/mol. The standard InChI is InChI=1S/C24H27NO2S2/c26-24(27)21-12-6-14-25(17-20-11-7-15-28-20)23(21)29-22-13-5-4-10-19(22)16-18-8-2-1-3-9-18/h1-3,6-9,11-12,14-15,19,22-23H,4-5,10,13,16-17H2,(H,26,27). The molecule has 0 bridgehead atoms. The largest absolute Gasteiger partial charge is 0.478 e. The molecule has 2 aliphatic rings. The number of carboxylic acids is 1. The molecule has 3 nitrogen and oxygen atoms in total. The van der Waals surface area contributed by atoms with Gasteiger partial charge in [-0.1, -0.05) is 49.2 Å². The van der Waals surface area contributed by atoms with Crippen LogP contribution in [0, 0.1) is 5.92 Å². The molecule has 1 aromatic heterocycles. The Kier molecular flexibility index (Phi) is 6.78. The maximum atomic E-state index is 12.0. The fraction of sp³-hybridized carbons (Fsp3) is 0.375. The highest BCUT2D eigenvalue weighted by atomic mass is 32.2. The smallest absolute Gasteiger partial charge is 0.334 e. The first-order chi connectivity index (χ1) is 14.2. The van der Waals surface area contributed by atoms with Gasteiger partial charge in [0.2, 0.25) is 0 Å². The molecule has 0 saturated heterocycles. The predicted molar refractivity (Wildman–Crippen MR) is 122 cm³/mol. The first-order valence-electron chi connectivity index (χ1n) is 10.3. The monoisotopic (exact) mass is 425 g/mol. The summed E-state index contributed by atoms with van der Waals surface area (Å²) in [5.74, 6) is -0.209. The van der Waals surface area contributed by atoms with Gasteiger partial charge in [-0.25, -0.2) is 4.79 Å². The van der Waals surface area contributed by atoms with Crippen molar-refractivity contribution >= 4 is 29.1 Å². The van der Waals surface area contributed by atoms with Gasteiger partial charge in [0.25, 0.3) is 0 Å². The minimum Gasteiger partial charge on any atom is -0.478 e. The molecule has 4 rings (SSSR count). The molecule has 2 aromatic rings. The summed E-state index contributed by atoms with van der Waals surface area (Å²) in [5, 5.41) is 12.3. The van der Waals surface area contributed by atoms with Crippen LogP contribution < -0.4 is 0 Å². The number of carbonyl (C=O) groups is 1. The maximum absolute atomic E-state index is 12.0. The highest BCUT2D eigenvalue weighted by Crippen LogP contribution is 2.41. The van der Waals surface area contributed by atoms with Gasteiger partial charge in [-0.15, -0.1) is 23.1 Å². The van der Waals surface area contributed by atoms with Crippen LogP contribution in [0.5, 0.6) is 0 Å². The summed E-state index contributed by atoms with van der Waals surface area (Å²) < 4.78 is 0. The van der Waals surface area contributed by atoms with Gasteiger partial charge >= 0.3 is 5.97 Å². The van der Waals surface area contributed by atoms with E-state index in [-0.39, 0.29) is 5.37 Å². The van der Waals surface area contributed by atoms with Crippen molar-refractivity contribution in [3.05, 3.63) is 82.2 Å². The molecular formula is C24H27NO2S2. The molecule has 29 heavy (non-hydrogen) atoms. The third-order valence-corrected chi connectivity index (χ3v) is 8.38. The Bertz CT molecular complexity index is 860. The zero-order chi connectivity index (χ0) is 20.1. The number of thiophene rings is 1. The molecule has 3 atom stereocenters. The maximum Gasteiger partial charge on any atom is 0.334 e.